The monoisotopic (exact) mass is 266 g/mol. The lowest BCUT2D eigenvalue weighted by Crippen LogP contribution is -2.64. The van der Waals surface area contributed by atoms with E-state index in [2.05, 4.69) is 5.32 Å². The molecule has 1 aliphatic carbocycles. The second kappa shape index (κ2) is 5.67. The molecule has 0 heterocycles. The molecule has 0 aromatic heterocycles. The molecule has 1 fully saturated rings. The molecule has 104 valence electrons. The number of carbonyl (C=O) groups excluding carboxylic acids is 1. The molecule has 3 atom stereocenters. The molecule has 0 spiro atoms. The lowest BCUT2D eigenvalue weighted by atomic mass is 9.83. The predicted octanol–water partition coefficient (Wildman–Crippen LogP) is 1.37. The summed E-state index contributed by atoms with van der Waals surface area (Å²) in [7, 11) is 0. The van der Waals surface area contributed by atoms with Gasteiger partial charge in [0.25, 0.3) is 5.91 Å². The van der Waals surface area contributed by atoms with Crippen LogP contribution in [0.4, 0.5) is 4.39 Å². The highest BCUT2D eigenvalue weighted by Gasteiger charge is 2.40. The molecule has 1 saturated carbocycles. The molecule has 0 radical (unpaired) electrons. The summed E-state index contributed by atoms with van der Waals surface area (Å²) in [4.78, 5) is 12.1. The zero-order chi connectivity index (χ0) is 14.0. The van der Waals surface area contributed by atoms with Crippen LogP contribution in [0.15, 0.2) is 18.2 Å². The average molecular weight is 266 g/mol. The van der Waals surface area contributed by atoms with Crippen molar-refractivity contribution in [3.8, 4) is 0 Å². The Morgan fingerprint density at radius 3 is 2.89 bits per heavy atom. The third kappa shape index (κ3) is 2.93. The number of amides is 1. The first-order valence-corrected chi connectivity index (χ1v) is 6.47. The van der Waals surface area contributed by atoms with Crippen LogP contribution in [0.2, 0.25) is 0 Å². The van der Waals surface area contributed by atoms with E-state index < -0.39 is 0 Å². The maximum Gasteiger partial charge on any atom is 0.251 e. The van der Waals surface area contributed by atoms with Crippen LogP contribution >= 0.6 is 0 Å². The Kier molecular flexibility index (Phi) is 4.17. The van der Waals surface area contributed by atoms with Crippen molar-refractivity contribution in [2.75, 3.05) is 6.61 Å². The Labute approximate surface area is 112 Å². The highest BCUT2D eigenvalue weighted by atomic mass is 19.1. The SMILES string of the molecule is CCOC1CC(N)C1NC(=O)c1ccc(F)cc1C. The topological polar surface area (TPSA) is 64.3 Å². The summed E-state index contributed by atoms with van der Waals surface area (Å²) in [6.45, 7) is 4.21. The molecule has 5 heteroatoms. The van der Waals surface area contributed by atoms with Gasteiger partial charge in [-0.15, -0.1) is 0 Å². The molecule has 1 aromatic rings. The standard InChI is InChI=1S/C14H19FN2O2/c1-3-19-12-7-11(16)13(12)17-14(18)10-5-4-9(15)6-8(10)2/h4-6,11-13H,3,7,16H2,1-2H3,(H,17,18). The van der Waals surface area contributed by atoms with Crippen LogP contribution in [0.5, 0.6) is 0 Å². The number of hydrogen-bond acceptors (Lipinski definition) is 3. The summed E-state index contributed by atoms with van der Waals surface area (Å²) in [6.07, 6.45) is 0.728. The zero-order valence-corrected chi connectivity index (χ0v) is 11.2. The van der Waals surface area contributed by atoms with Gasteiger partial charge in [-0.3, -0.25) is 4.79 Å². The smallest absolute Gasteiger partial charge is 0.251 e. The summed E-state index contributed by atoms with van der Waals surface area (Å²) >= 11 is 0. The van der Waals surface area contributed by atoms with Gasteiger partial charge in [-0.2, -0.15) is 0 Å². The fourth-order valence-corrected chi connectivity index (χ4v) is 2.34. The van der Waals surface area contributed by atoms with E-state index in [9.17, 15) is 9.18 Å². The number of ether oxygens (including phenoxy) is 1. The van der Waals surface area contributed by atoms with E-state index in [4.69, 9.17) is 10.5 Å². The molecule has 0 bridgehead atoms. The van der Waals surface area contributed by atoms with Gasteiger partial charge in [0.1, 0.15) is 5.82 Å². The average Bonchev–Trinajstić information content (AvgIpc) is 2.35. The summed E-state index contributed by atoms with van der Waals surface area (Å²) in [6, 6.07) is 3.86. The Bertz CT molecular complexity index is 477. The Hall–Kier alpha value is -1.46. The Morgan fingerprint density at radius 2 is 2.32 bits per heavy atom. The summed E-state index contributed by atoms with van der Waals surface area (Å²) < 4.78 is 18.5. The second-order valence-electron chi connectivity index (χ2n) is 4.85. The largest absolute Gasteiger partial charge is 0.376 e. The summed E-state index contributed by atoms with van der Waals surface area (Å²) in [5.74, 6) is -0.580. The molecule has 1 amide bonds. The van der Waals surface area contributed by atoms with Crippen molar-refractivity contribution in [3.05, 3.63) is 35.1 Å². The lowest BCUT2D eigenvalue weighted by molar-refractivity contribution is -0.0300. The third-order valence-corrected chi connectivity index (χ3v) is 3.48. The first kappa shape index (κ1) is 14.0. The molecule has 0 saturated heterocycles. The van der Waals surface area contributed by atoms with Gasteiger partial charge in [-0.1, -0.05) is 0 Å². The minimum Gasteiger partial charge on any atom is -0.376 e. The number of benzene rings is 1. The van der Waals surface area contributed by atoms with Crippen molar-refractivity contribution in [1.82, 2.24) is 5.32 Å². The van der Waals surface area contributed by atoms with Crippen LogP contribution in [0, 0.1) is 12.7 Å². The highest BCUT2D eigenvalue weighted by Crippen LogP contribution is 2.23. The maximum atomic E-state index is 13.0. The summed E-state index contributed by atoms with van der Waals surface area (Å²) in [5, 5.41) is 2.87. The van der Waals surface area contributed by atoms with Crippen molar-refractivity contribution in [2.45, 2.75) is 38.5 Å². The van der Waals surface area contributed by atoms with E-state index in [0.29, 0.717) is 17.7 Å². The van der Waals surface area contributed by atoms with Crippen molar-refractivity contribution in [2.24, 2.45) is 5.73 Å². The minimum atomic E-state index is -0.346. The van der Waals surface area contributed by atoms with E-state index in [1.54, 1.807) is 6.92 Å². The molecule has 19 heavy (non-hydrogen) atoms. The Morgan fingerprint density at radius 1 is 1.58 bits per heavy atom. The van der Waals surface area contributed by atoms with Gasteiger partial charge in [0.15, 0.2) is 0 Å². The molecule has 1 aromatic carbocycles. The zero-order valence-electron chi connectivity index (χ0n) is 11.2. The van der Waals surface area contributed by atoms with Crippen molar-refractivity contribution in [3.63, 3.8) is 0 Å². The molecular formula is C14H19FN2O2. The van der Waals surface area contributed by atoms with E-state index in [1.807, 2.05) is 6.92 Å². The van der Waals surface area contributed by atoms with E-state index in [1.165, 1.54) is 18.2 Å². The molecule has 2 rings (SSSR count). The highest BCUT2D eigenvalue weighted by molar-refractivity contribution is 5.95. The second-order valence-corrected chi connectivity index (χ2v) is 4.85. The van der Waals surface area contributed by atoms with Gasteiger partial charge in [0.05, 0.1) is 12.1 Å². The lowest BCUT2D eigenvalue weighted by Gasteiger charge is -2.42. The van der Waals surface area contributed by atoms with Gasteiger partial charge in [-0.25, -0.2) is 4.39 Å². The van der Waals surface area contributed by atoms with Crippen molar-refractivity contribution in [1.29, 1.82) is 0 Å². The number of hydrogen-bond donors (Lipinski definition) is 2. The van der Waals surface area contributed by atoms with E-state index >= 15 is 0 Å². The Balaban J connectivity index is 2.04. The van der Waals surface area contributed by atoms with E-state index in [-0.39, 0.29) is 29.9 Å². The quantitative estimate of drug-likeness (QED) is 0.865. The third-order valence-electron chi connectivity index (χ3n) is 3.48. The fourth-order valence-electron chi connectivity index (χ4n) is 2.34. The van der Waals surface area contributed by atoms with Crippen LogP contribution in [-0.4, -0.2) is 30.7 Å². The number of nitrogens with two attached hydrogens (primary N) is 1. The van der Waals surface area contributed by atoms with Crippen LogP contribution in [0.3, 0.4) is 0 Å². The van der Waals surface area contributed by atoms with Gasteiger partial charge >= 0.3 is 0 Å². The first-order valence-electron chi connectivity index (χ1n) is 6.47. The molecule has 1 aliphatic rings. The predicted molar refractivity (Wildman–Crippen MR) is 70.4 cm³/mol. The number of rotatable bonds is 4. The first-order chi connectivity index (χ1) is 9.02. The van der Waals surface area contributed by atoms with Crippen LogP contribution in [0.25, 0.3) is 0 Å². The number of carbonyl (C=O) groups is 1. The van der Waals surface area contributed by atoms with Crippen molar-refractivity contribution < 1.29 is 13.9 Å². The minimum absolute atomic E-state index is 0.0234. The fraction of sp³-hybridized carbons (Fsp3) is 0.500. The number of aryl methyl sites for hydroxylation is 1. The number of halogens is 1. The molecule has 0 aliphatic heterocycles. The van der Waals surface area contributed by atoms with Gasteiger partial charge in [-0.05, 0) is 44.0 Å². The van der Waals surface area contributed by atoms with E-state index in [0.717, 1.165) is 6.42 Å². The van der Waals surface area contributed by atoms with Crippen molar-refractivity contribution >= 4 is 5.91 Å². The molecule has 3 unspecified atom stereocenters. The van der Waals surface area contributed by atoms with Crippen LogP contribution in [0.1, 0.15) is 29.3 Å². The summed E-state index contributed by atoms with van der Waals surface area (Å²) in [5.41, 5.74) is 6.96. The van der Waals surface area contributed by atoms with Crippen LogP contribution in [-0.2, 0) is 4.74 Å². The van der Waals surface area contributed by atoms with Gasteiger partial charge in [0, 0.05) is 18.2 Å². The maximum absolute atomic E-state index is 13.0. The molecule has 3 N–H and O–H groups in total. The molecule has 4 nitrogen and oxygen atoms in total. The normalized spacial score (nSPS) is 25.8. The van der Waals surface area contributed by atoms with Gasteiger partial charge in [0.2, 0.25) is 0 Å². The van der Waals surface area contributed by atoms with Gasteiger partial charge < -0.3 is 15.8 Å². The number of nitrogens with one attached hydrogen (secondary N) is 1. The molecular weight excluding hydrogens is 247 g/mol. The van der Waals surface area contributed by atoms with Crippen LogP contribution < -0.4 is 11.1 Å².